The quantitative estimate of drug-likeness (QED) is 0.652. The molecule has 10 heteroatoms. The zero-order chi connectivity index (χ0) is 23.6. The number of urea groups is 1. The number of alkyl halides is 3. The molecule has 2 atom stereocenters. The van der Waals surface area contributed by atoms with Gasteiger partial charge in [0.1, 0.15) is 0 Å². The van der Waals surface area contributed by atoms with Crippen molar-refractivity contribution in [3.63, 3.8) is 0 Å². The number of halogens is 3. The van der Waals surface area contributed by atoms with E-state index in [0.29, 0.717) is 24.2 Å². The highest BCUT2D eigenvalue weighted by Gasteiger charge is 2.71. The van der Waals surface area contributed by atoms with Gasteiger partial charge in [0.2, 0.25) is 0 Å². The number of carbonyl (C=O) groups excluding carboxylic acids is 3. The third-order valence-corrected chi connectivity index (χ3v) is 8.19. The Labute approximate surface area is 189 Å². The highest BCUT2D eigenvalue weighted by molar-refractivity contribution is 6.10. The summed E-state index contributed by atoms with van der Waals surface area (Å²) in [5.41, 5.74) is -4.01. The molecule has 2 N–H and O–H groups in total. The summed E-state index contributed by atoms with van der Waals surface area (Å²) in [6, 6.07) is 0.941. The minimum absolute atomic E-state index is 0.144. The maximum absolute atomic E-state index is 14.3. The molecule has 178 valence electrons. The Morgan fingerprint density at radius 2 is 1.82 bits per heavy atom. The van der Waals surface area contributed by atoms with Crippen molar-refractivity contribution >= 4 is 17.8 Å². The molecule has 5 fully saturated rings. The molecule has 5 aliphatic rings. The van der Waals surface area contributed by atoms with E-state index in [1.807, 2.05) is 12.2 Å². The molecule has 33 heavy (non-hydrogen) atoms. The van der Waals surface area contributed by atoms with Crippen LogP contribution < -0.4 is 10.6 Å². The Morgan fingerprint density at radius 1 is 1.21 bits per heavy atom. The zero-order valence-corrected chi connectivity index (χ0v) is 18.3. The van der Waals surface area contributed by atoms with Crippen LogP contribution in [0.3, 0.4) is 0 Å². The normalized spacial score (nSPS) is 36.1. The molecular weight excluding hydrogens is 437 g/mol. The number of aromatic nitrogens is 1. The summed E-state index contributed by atoms with van der Waals surface area (Å²) in [4.78, 5) is 43.5. The lowest BCUT2D eigenvalue weighted by atomic mass is 9.47. The van der Waals surface area contributed by atoms with Crippen molar-refractivity contribution < 1.29 is 27.6 Å². The summed E-state index contributed by atoms with van der Waals surface area (Å²) < 4.78 is 43.0. The predicted molar refractivity (Wildman–Crippen MR) is 111 cm³/mol. The van der Waals surface area contributed by atoms with E-state index in [1.54, 1.807) is 5.32 Å². The number of nitrogens with zero attached hydrogens (tertiary/aromatic N) is 2. The van der Waals surface area contributed by atoms with Crippen LogP contribution in [-0.2, 0) is 4.79 Å². The Kier molecular flexibility index (Phi) is 4.99. The fourth-order valence-corrected chi connectivity index (χ4v) is 7.39. The van der Waals surface area contributed by atoms with Crippen LogP contribution in [0.4, 0.5) is 18.0 Å². The Balaban J connectivity index is 1.49. The number of hydrogen-bond acceptors (Lipinski definition) is 4. The molecule has 2 heterocycles. The topological polar surface area (TPSA) is 91.4 Å². The number of carbonyl (C=O) groups is 3. The molecule has 4 amide bonds. The number of imide groups is 1. The van der Waals surface area contributed by atoms with Gasteiger partial charge < -0.3 is 5.32 Å². The number of hydrogen-bond donors (Lipinski definition) is 2. The van der Waals surface area contributed by atoms with Crippen LogP contribution in [0.25, 0.3) is 0 Å². The zero-order valence-electron chi connectivity index (χ0n) is 18.3. The molecule has 0 unspecified atom stereocenters. The summed E-state index contributed by atoms with van der Waals surface area (Å²) in [5, 5.41) is 3.60. The van der Waals surface area contributed by atoms with Crippen LogP contribution in [-0.4, -0.2) is 45.6 Å². The van der Waals surface area contributed by atoms with Crippen LogP contribution in [0.5, 0.6) is 0 Å². The van der Waals surface area contributed by atoms with E-state index in [4.69, 9.17) is 0 Å². The van der Waals surface area contributed by atoms with Crippen molar-refractivity contribution in [2.45, 2.75) is 69.8 Å². The second-order valence-corrected chi connectivity index (χ2v) is 10.3. The van der Waals surface area contributed by atoms with E-state index < -0.39 is 35.7 Å². The molecule has 1 aromatic rings. The van der Waals surface area contributed by atoms with Gasteiger partial charge in [-0.05, 0) is 80.2 Å². The SMILES string of the molecule is CC[C@H](N1C(=O)N[C@@](NC(=O)c2cccnc2)(C(F)(F)F)C1=O)C12CC3CC(CC(C3)C1)C2. The molecule has 6 rings (SSSR count). The molecular formula is C23H27F3N4O3. The highest BCUT2D eigenvalue weighted by atomic mass is 19.4. The van der Waals surface area contributed by atoms with E-state index in [-0.39, 0.29) is 11.0 Å². The van der Waals surface area contributed by atoms with Crippen LogP contribution in [0.15, 0.2) is 24.5 Å². The summed E-state index contributed by atoms with van der Waals surface area (Å²) in [6.07, 6.45) is 3.49. The van der Waals surface area contributed by atoms with Gasteiger partial charge in [0.25, 0.3) is 17.5 Å². The van der Waals surface area contributed by atoms with Crippen LogP contribution in [0.2, 0.25) is 0 Å². The number of rotatable bonds is 5. The van der Waals surface area contributed by atoms with Crippen molar-refractivity contribution in [1.29, 1.82) is 0 Å². The molecule has 1 aromatic heterocycles. The van der Waals surface area contributed by atoms with Crippen LogP contribution in [0.1, 0.15) is 62.2 Å². The first-order valence-electron chi connectivity index (χ1n) is 11.5. The number of amides is 4. The van der Waals surface area contributed by atoms with E-state index in [0.717, 1.165) is 49.6 Å². The van der Waals surface area contributed by atoms with Gasteiger partial charge in [-0.15, -0.1) is 0 Å². The fraction of sp³-hybridized carbons (Fsp3) is 0.652. The molecule has 0 radical (unpaired) electrons. The number of nitrogens with one attached hydrogen (secondary N) is 2. The highest BCUT2D eigenvalue weighted by Crippen LogP contribution is 2.62. The van der Waals surface area contributed by atoms with Crippen molar-refractivity contribution in [2.75, 3.05) is 0 Å². The summed E-state index contributed by atoms with van der Waals surface area (Å²) in [6.45, 7) is 1.81. The minimum Gasteiger partial charge on any atom is -0.314 e. The predicted octanol–water partition coefficient (Wildman–Crippen LogP) is 3.62. The van der Waals surface area contributed by atoms with Gasteiger partial charge in [-0.25, -0.2) is 4.79 Å². The Bertz CT molecular complexity index is 948. The molecule has 4 saturated carbocycles. The van der Waals surface area contributed by atoms with Crippen molar-refractivity contribution in [2.24, 2.45) is 23.2 Å². The van der Waals surface area contributed by atoms with Gasteiger partial charge in [-0.1, -0.05) is 6.92 Å². The van der Waals surface area contributed by atoms with Crippen molar-refractivity contribution in [3.8, 4) is 0 Å². The molecule has 4 bridgehead atoms. The fourth-order valence-electron chi connectivity index (χ4n) is 7.39. The first-order valence-corrected chi connectivity index (χ1v) is 11.5. The largest absolute Gasteiger partial charge is 0.440 e. The van der Waals surface area contributed by atoms with Crippen molar-refractivity contribution in [3.05, 3.63) is 30.1 Å². The van der Waals surface area contributed by atoms with Gasteiger partial charge >= 0.3 is 12.2 Å². The lowest BCUT2D eigenvalue weighted by molar-refractivity contribution is -0.202. The maximum Gasteiger partial charge on any atom is 0.440 e. The molecule has 1 aliphatic heterocycles. The van der Waals surface area contributed by atoms with Crippen LogP contribution in [0, 0.1) is 23.2 Å². The summed E-state index contributed by atoms with van der Waals surface area (Å²) in [5.74, 6) is -1.09. The molecule has 0 spiro atoms. The second-order valence-electron chi connectivity index (χ2n) is 10.3. The smallest absolute Gasteiger partial charge is 0.314 e. The third kappa shape index (κ3) is 3.32. The monoisotopic (exact) mass is 464 g/mol. The molecule has 1 saturated heterocycles. The van der Waals surface area contributed by atoms with E-state index in [2.05, 4.69) is 4.98 Å². The molecule has 4 aliphatic carbocycles. The first kappa shape index (κ1) is 22.2. The van der Waals surface area contributed by atoms with E-state index in [1.165, 1.54) is 18.3 Å². The first-order chi connectivity index (χ1) is 15.6. The van der Waals surface area contributed by atoms with E-state index in [9.17, 15) is 27.6 Å². The summed E-state index contributed by atoms with van der Waals surface area (Å²) >= 11 is 0. The van der Waals surface area contributed by atoms with Gasteiger partial charge in [0, 0.05) is 18.4 Å². The lowest BCUT2D eigenvalue weighted by Crippen LogP contribution is -2.70. The number of pyridine rings is 1. The molecule has 7 nitrogen and oxygen atoms in total. The Hall–Kier alpha value is -2.65. The van der Waals surface area contributed by atoms with Gasteiger partial charge in [0.05, 0.1) is 5.56 Å². The molecule has 0 aromatic carbocycles. The van der Waals surface area contributed by atoms with Crippen LogP contribution >= 0.6 is 0 Å². The lowest BCUT2D eigenvalue weighted by Gasteiger charge is -2.60. The minimum atomic E-state index is -5.23. The summed E-state index contributed by atoms with van der Waals surface area (Å²) in [7, 11) is 0. The second kappa shape index (κ2) is 7.43. The maximum atomic E-state index is 14.3. The third-order valence-electron chi connectivity index (χ3n) is 8.19. The van der Waals surface area contributed by atoms with Crippen molar-refractivity contribution in [1.82, 2.24) is 20.5 Å². The van der Waals surface area contributed by atoms with Gasteiger partial charge in [-0.2, -0.15) is 13.2 Å². The van der Waals surface area contributed by atoms with Gasteiger partial charge in [0.15, 0.2) is 0 Å². The Morgan fingerprint density at radius 3 is 2.30 bits per heavy atom. The average molecular weight is 464 g/mol. The average Bonchev–Trinajstić information content (AvgIpc) is 2.99. The standard InChI is InChI=1S/C23H27F3N4O3/c1-2-17(21-9-13-6-14(10-21)8-15(7-13)11-21)30-19(32)22(23(24,25)26,29-20(30)33)28-18(31)16-4-3-5-27-12-16/h3-5,12-15,17H,2,6-11H2,1H3,(H,28,31)(H,29,33)/t13?,14?,15?,17-,21?,22+/m0/s1. The van der Waals surface area contributed by atoms with E-state index >= 15 is 0 Å². The van der Waals surface area contributed by atoms with Gasteiger partial charge in [-0.3, -0.25) is 24.8 Å².